The van der Waals surface area contributed by atoms with E-state index in [1.807, 2.05) is 36.4 Å². The molecule has 0 radical (unpaired) electrons. The van der Waals surface area contributed by atoms with Crippen LogP contribution in [0.2, 0.25) is 10.0 Å². The Balaban J connectivity index is 0.000000181. The average molecular weight is 1830 g/mol. The molecule has 2 aliphatic carbocycles. The van der Waals surface area contributed by atoms with Crippen molar-refractivity contribution in [2.24, 2.45) is 22.7 Å². The highest BCUT2D eigenvalue weighted by atomic mass is 35.5. The molecule has 0 spiro atoms. The average Bonchev–Trinajstić information content (AvgIpc) is 1.49. The predicted octanol–water partition coefficient (Wildman–Crippen LogP) is 18.1. The molecule has 8 aliphatic rings. The number of H-pyrrole nitrogens is 2. The fourth-order valence-electron chi connectivity index (χ4n) is 19.6. The van der Waals surface area contributed by atoms with Gasteiger partial charge in [-0.25, -0.2) is 36.2 Å². The number of carbonyl (C=O) groups excluding carboxylic acids is 2. The maximum absolute atomic E-state index is 14.1. The highest BCUT2D eigenvalue weighted by molar-refractivity contribution is 7.90. The van der Waals surface area contributed by atoms with Crippen molar-refractivity contribution >= 4 is 111 Å². The number of piperazine rings is 2. The van der Waals surface area contributed by atoms with E-state index >= 15 is 0 Å². The normalized spacial score (nSPS) is 20.1. The number of fused-ring (bicyclic) bond motifs is 4. The number of nitrogens with zero attached hydrogens (tertiary/aromatic N) is 10. The van der Waals surface area contributed by atoms with Gasteiger partial charge >= 0.3 is 0 Å². The minimum Gasteiger partial charge on any atom is -0.493 e. The molecule has 4 aromatic heterocycles. The van der Waals surface area contributed by atoms with Crippen LogP contribution in [0.3, 0.4) is 0 Å². The van der Waals surface area contributed by atoms with Crippen LogP contribution in [0.1, 0.15) is 155 Å². The Morgan fingerprint density at radius 2 is 0.961 bits per heavy atom. The number of likely N-dealkylation sites (tertiary alicyclic amines) is 2. The van der Waals surface area contributed by atoms with Gasteiger partial charge in [0.25, 0.3) is 43.2 Å². The summed E-state index contributed by atoms with van der Waals surface area (Å²) in [6, 6.07) is 38.8. The van der Waals surface area contributed by atoms with Crippen molar-refractivity contribution in [1.82, 2.24) is 49.0 Å². The van der Waals surface area contributed by atoms with Crippen LogP contribution in [0, 0.1) is 42.9 Å². The number of halogens is 2. The summed E-state index contributed by atoms with van der Waals surface area (Å²) in [6.45, 7) is 24.5. The molecule has 3 atom stereocenters. The molecule has 6 aliphatic heterocycles. The fourth-order valence-corrected chi connectivity index (χ4v) is 21.8. The third kappa shape index (κ3) is 21.2. The summed E-state index contributed by atoms with van der Waals surface area (Å²) in [7, 11) is -9.23. The number of carbonyl (C=O) groups is 2. The SMILES string of the molecule is CC1(C)CCC(CN2CCN(c3ccc(C(=O)NS(=O)(=O)c4cc5c(c([N+](=O)[O-])c4)C[C@H](CN4CCCCC4)CO5)c(Oc4cnc5[nH]ccc5c4)c3)CC2)=C(c2ccc(Cl)cc2)C1.C[C@H]1CCCCN1C[C@H]1COc2cc(S(=O)(=O)NC(=O)c3ccc(N4CCN(CC5=C(c6ccc(Cl)cc6)CC(C)(C)CC5)CC4)cc3Oc3cnc4[nH]ccc4c3)cc([N+](=O)[O-])c2C1. The number of pyridine rings is 2. The monoisotopic (exact) mass is 1830 g/mol. The molecule has 10 heterocycles. The number of allylic oxidation sites excluding steroid dienone is 2. The van der Waals surface area contributed by atoms with Crippen LogP contribution in [0.4, 0.5) is 22.7 Å². The van der Waals surface area contributed by atoms with Gasteiger partial charge in [-0.3, -0.25) is 39.6 Å². The lowest BCUT2D eigenvalue weighted by Gasteiger charge is -2.39. The second-order valence-corrected chi connectivity index (χ2v) is 41.5. The highest BCUT2D eigenvalue weighted by Crippen LogP contribution is 2.48. The summed E-state index contributed by atoms with van der Waals surface area (Å²) in [6.07, 6.45) is 20.6. The fraction of sp³-hybridized carbons (Fsp3) is 0.423. The standard InChI is InChI=1S/C49H56ClN7O7S.C48H54ClN7O7S/c1-32-6-4-5-17-56(32)29-33-22-42-44(57(59)60)25-40(26-45(42)63-31-33)65(61,62)53-48(58)41-12-11-38(24-46(41)64-39-23-35-14-16-51-47(35)52-28-39)55-20-18-54(19-21-55)30-36-13-15-49(2,3)27-43(36)34-7-9-37(50)10-8-34;1-48(2)14-12-35(42(27-48)33-6-8-36(49)9-7-33)30-54-18-20-55(21-19-54)37-10-11-40(45(24-37)63-38-23-34-13-15-50-46(34)51-28-38)47(57)52-64(60,61)39-25-43(56(58)59)41-22-32(31-62-44(41)26-39)29-53-16-4-3-5-17-53/h7-12,14,16,23-26,28,32-33H,4-6,13,15,17-22,27,29-31H2,1-3H3,(H,51,52)(H,53,58);6-11,13,15,23-26,28,32H,3-5,12,14,16-22,27,29-31H2,1-2H3,(H,50,51)(H,52,57)/t32-,33-;32-/m01/s1. The van der Waals surface area contributed by atoms with Crippen molar-refractivity contribution in [3.8, 4) is 34.5 Å². The molecular formula is C97H110Cl2N14O14S2. The molecule has 10 aromatic rings. The number of nitrogens with one attached hydrogen (secondary N) is 4. The molecule has 0 saturated carbocycles. The van der Waals surface area contributed by atoms with Gasteiger partial charge in [-0.2, -0.15) is 0 Å². The Morgan fingerprint density at radius 1 is 0.527 bits per heavy atom. The van der Waals surface area contributed by atoms with Crippen LogP contribution in [-0.2, 0) is 32.9 Å². The van der Waals surface area contributed by atoms with E-state index in [-0.39, 0.29) is 68.2 Å². The molecule has 2 amide bonds. The quantitative estimate of drug-likeness (QED) is 0.0322. The maximum atomic E-state index is 14.1. The van der Waals surface area contributed by atoms with E-state index in [1.54, 1.807) is 60.9 Å². The van der Waals surface area contributed by atoms with Crippen LogP contribution >= 0.6 is 23.2 Å². The molecule has 129 heavy (non-hydrogen) atoms. The second-order valence-electron chi connectivity index (χ2n) is 37.3. The van der Waals surface area contributed by atoms with Crippen LogP contribution in [-0.4, -0.2) is 195 Å². The summed E-state index contributed by atoms with van der Waals surface area (Å²) in [5.41, 5.74) is 11.6. The zero-order valence-electron chi connectivity index (χ0n) is 73.4. The third-order valence-electron chi connectivity index (χ3n) is 26.8. The van der Waals surface area contributed by atoms with Crippen LogP contribution in [0.15, 0.2) is 179 Å². The number of aromatic nitrogens is 4. The van der Waals surface area contributed by atoms with Gasteiger partial charge < -0.3 is 48.5 Å². The summed E-state index contributed by atoms with van der Waals surface area (Å²) in [4.78, 5) is 80.1. The topological polar surface area (TPSA) is 326 Å². The maximum Gasteiger partial charge on any atom is 0.277 e. The molecule has 4 N–H and O–H groups in total. The number of amides is 2. The number of aromatic amines is 2. The highest BCUT2D eigenvalue weighted by Gasteiger charge is 2.39. The first-order valence-corrected chi connectivity index (χ1v) is 48.5. The van der Waals surface area contributed by atoms with Crippen molar-refractivity contribution in [1.29, 1.82) is 0 Å². The summed E-state index contributed by atoms with van der Waals surface area (Å²) in [5.74, 6) is -0.613. The van der Waals surface area contributed by atoms with Gasteiger partial charge in [0.1, 0.15) is 45.8 Å². The van der Waals surface area contributed by atoms with Gasteiger partial charge in [-0.15, -0.1) is 0 Å². The zero-order valence-corrected chi connectivity index (χ0v) is 76.6. The molecule has 6 aromatic carbocycles. The van der Waals surface area contributed by atoms with Crippen LogP contribution < -0.4 is 38.2 Å². The lowest BCUT2D eigenvalue weighted by molar-refractivity contribution is -0.386. The minimum atomic E-state index is -4.62. The first-order chi connectivity index (χ1) is 61.9. The van der Waals surface area contributed by atoms with Gasteiger partial charge in [0.2, 0.25) is 0 Å². The predicted molar refractivity (Wildman–Crippen MR) is 501 cm³/mol. The van der Waals surface area contributed by atoms with Gasteiger partial charge in [0.15, 0.2) is 0 Å². The van der Waals surface area contributed by atoms with E-state index in [2.05, 4.69) is 118 Å². The molecule has 0 unspecified atom stereocenters. The van der Waals surface area contributed by atoms with E-state index in [4.69, 9.17) is 42.1 Å². The minimum absolute atomic E-state index is 0.0170. The number of ether oxygens (including phenoxy) is 4. The van der Waals surface area contributed by atoms with Crippen molar-refractivity contribution in [3.05, 3.63) is 233 Å². The molecule has 28 nitrogen and oxygen atoms in total. The van der Waals surface area contributed by atoms with Crippen molar-refractivity contribution in [3.63, 3.8) is 0 Å². The van der Waals surface area contributed by atoms with Gasteiger partial charge in [-0.1, -0.05) is 99.2 Å². The molecule has 0 bridgehead atoms. The van der Waals surface area contributed by atoms with Gasteiger partial charge in [0.05, 0.1) is 67.5 Å². The molecule has 18 rings (SSSR count). The molecule has 4 fully saturated rings. The Kier molecular flexibility index (Phi) is 26.7. The van der Waals surface area contributed by atoms with E-state index in [0.29, 0.717) is 66.0 Å². The van der Waals surface area contributed by atoms with E-state index in [9.17, 15) is 46.7 Å². The number of nitro groups is 2. The third-order valence-corrected chi connectivity index (χ3v) is 29.9. The number of benzene rings is 6. The Bertz CT molecular complexity index is 6200. The van der Waals surface area contributed by atoms with E-state index in [0.717, 1.165) is 207 Å². The lowest BCUT2D eigenvalue weighted by atomic mass is 9.72. The van der Waals surface area contributed by atoms with E-state index < -0.39 is 51.5 Å². The summed E-state index contributed by atoms with van der Waals surface area (Å²) in [5, 5.41) is 27.8. The number of piperidine rings is 2. The number of hydrogen-bond donors (Lipinski definition) is 4. The van der Waals surface area contributed by atoms with Crippen molar-refractivity contribution < 1.29 is 55.2 Å². The second kappa shape index (κ2) is 38.2. The van der Waals surface area contributed by atoms with Crippen molar-refractivity contribution in [2.75, 3.05) is 121 Å². The number of rotatable bonds is 24. The molecular weight excluding hydrogens is 1720 g/mol. The smallest absolute Gasteiger partial charge is 0.277 e. The lowest BCUT2D eigenvalue weighted by Crippen LogP contribution is -2.47. The Morgan fingerprint density at radius 3 is 1.40 bits per heavy atom. The number of sulfonamides is 2. The van der Waals surface area contributed by atoms with Gasteiger partial charge in [0, 0.05) is 177 Å². The number of nitro benzene ring substituents is 2. The van der Waals surface area contributed by atoms with Crippen LogP contribution in [0.25, 0.3) is 33.2 Å². The van der Waals surface area contributed by atoms with Gasteiger partial charge in [-0.05, 0) is 210 Å². The number of hydrogen-bond acceptors (Lipinski definition) is 22. The molecule has 4 saturated heterocycles. The zero-order chi connectivity index (χ0) is 90.0. The summed E-state index contributed by atoms with van der Waals surface area (Å²) < 4.78 is 84.9. The Hall–Kier alpha value is -11.0. The first kappa shape index (κ1) is 90.0. The Labute approximate surface area is 762 Å². The van der Waals surface area contributed by atoms with Crippen molar-refractivity contribution in [2.45, 2.75) is 140 Å². The van der Waals surface area contributed by atoms with E-state index in [1.165, 1.54) is 70.8 Å². The molecule has 32 heteroatoms. The molecule has 678 valence electrons. The first-order valence-electron chi connectivity index (χ1n) is 44.8. The number of anilines is 2. The summed E-state index contributed by atoms with van der Waals surface area (Å²) >= 11 is 12.5. The van der Waals surface area contributed by atoms with Crippen LogP contribution in [0.5, 0.6) is 34.5 Å². The largest absolute Gasteiger partial charge is 0.493 e.